The van der Waals surface area contributed by atoms with Crippen molar-refractivity contribution in [3.05, 3.63) is 71.3 Å². The van der Waals surface area contributed by atoms with Gasteiger partial charge in [-0.15, -0.1) is 0 Å². The molecule has 0 saturated carbocycles. The Morgan fingerprint density at radius 2 is 1.29 bits per heavy atom. The number of unbranched alkanes of at least 4 members (excludes halogenated alkanes) is 1. The fourth-order valence-corrected chi connectivity index (χ4v) is 5.68. The largest absolute Gasteiger partial charge is 0.385 e. The van der Waals surface area contributed by atoms with Crippen molar-refractivity contribution in [2.75, 3.05) is 66.8 Å². The lowest BCUT2D eigenvalue weighted by Crippen LogP contribution is -2.34. The zero-order chi connectivity index (χ0) is 29.0. The summed E-state index contributed by atoms with van der Waals surface area (Å²) in [7, 11) is 3.46. The van der Waals surface area contributed by atoms with Gasteiger partial charge < -0.3 is 29.6 Å². The van der Waals surface area contributed by atoms with Crippen molar-refractivity contribution in [2.45, 2.75) is 57.2 Å². The minimum atomic E-state index is 0.0583. The van der Waals surface area contributed by atoms with E-state index in [4.69, 9.17) is 24.2 Å². The Morgan fingerprint density at radius 1 is 0.732 bits per heavy atom. The summed E-state index contributed by atoms with van der Waals surface area (Å²) >= 11 is 0. The molecule has 7 nitrogen and oxygen atoms in total. The summed E-state index contributed by atoms with van der Waals surface area (Å²) < 4.78 is 22.5. The lowest BCUT2D eigenvalue weighted by atomic mass is 9.88. The molecular weight excluding hydrogens is 514 g/mol. The molecule has 226 valence electrons. The summed E-state index contributed by atoms with van der Waals surface area (Å²) in [5, 5.41) is 16.0. The Bertz CT molecular complexity index is 971. The molecule has 2 aromatic carbocycles. The normalized spacial score (nSPS) is 20.3. The fourth-order valence-electron chi connectivity index (χ4n) is 5.68. The highest BCUT2D eigenvalue weighted by molar-refractivity contribution is 5.34. The maximum atomic E-state index is 9.08. The van der Waals surface area contributed by atoms with Crippen LogP contribution in [-0.4, -0.2) is 66.8 Å². The van der Waals surface area contributed by atoms with Crippen molar-refractivity contribution >= 4 is 0 Å². The molecule has 0 aliphatic carbocycles. The van der Waals surface area contributed by atoms with Crippen LogP contribution in [0.4, 0.5) is 0 Å². The number of nitrogens with one attached hydrogen (secondary N) is 2. The Balaban J connectivity index is 0.000000226. The number of piperidine rings is 2. The van der Waals surface area contributed by atoms with Gasteiger partial charge in [-0.2, -0.15) is 5.26 Å². The third kappa shape index (κ3) is 12.2. The number of nitrogens with zero attached hydrogens (tertiary/aromatic N) is 1. The topological polar surface area (TPSA) is 84.8 Å². The first-order valence-electron chi connectivity index (χ1n) is 15.4. The molecule has 2 aliphatic rings. The molecule has 7 heteroatoms. The van der Waals surface area contributed by atoms with Gasteiger partial charge in [0.1, 0.15) is 0 Å². The monoisotopic (exact) mass is 565 g/mol. The van der Waals surface area contributed by atoms with Gasteiger partial charge in [0, 0.05) is 65.6 Å². The second-order valence-electron chi connectivity index (χ2n) is 11.0. The number of methoxy groups -OCH3 is 2. The fraction of sp³-hybridized carbons (Fsp3) is 0.618. The van der Waals surface area contributed by atoms with Crippen LogP contribution in [0.5, 0.6) is 0 Å². The average Bonchev–Trinajstić information content (AvgIpc) is 3.04. The van der Waals surface area contributed by atoms with E-state index in [0.717, 1.165) is 64.2 Å². The van der Waals surface area contributed by atoms with Gasteiger partial charge in [0.15, 0.2) is 0 Å². The summed E-state index contributed by atoms with van der Waals surface area (Å²) in [5.74, 6) is 1.06. The lowest BCUT2D eigenvalue weighted by molar-refractivity contribution is -0.00503. The second-order valence-corrected chi connectivity index (χ2v) is 11.0. The van der Waals surface area contributed by atoms with Crippen molar-refractivity contribution in [2.24, 2.45) is 11.8 Å². The Hall–Kier alpha value is -2.31. The van der Waals surface area contributed by atoms with Crippen molar-refractivity contribution in [3.63, 3.8) is 0 Å². The van der Waals surface area contributed by atoms with Crippen LogP contribution in [0.3, 0.4) is 0 Å². The van der Waals surface area contributed by atoms with Crippen LogP contribution >= 0.6 is 0 Å². The van der Waals surface area contributed by atoms with E-state index in [9.17, 15) is 0 Å². The van der Waals surface area contributed by atoms with Crippen molar-refractivity contribution in [1.82, 2.24) is 10.6 Å². The molecule has 0 aromatic heterocycles. The number of nitriles is 1. The van der Waals surface area contributed by atoms with Crippen LogP contribution in [0.15, 0.2) is 54.6 Å². The van der Waals surface area contributed by atoms with E-state index in [1.54, 1.807) is 14.2 Å². The smallest absolute Gasteiger partial charge is 0.0991 e. The first-order valence-corrected chi connectivity index (χ1v) is 15.4. The summed E-state index contributed by atoms with van der Waals surface area (Å²) in [6.07, 6.45) is 8.17. The molecular formula is C34H51N3O4. The molecule has 0 unspecified atom stereocenters. The molecule has 2 heterocycles. The number of hydrogen-bond acceptors (Lipinski definition) is 7. The van der Waals surface area contributed by atoms with Crippen molar-refractivity contribution < 1.29 is 18.9 Å². The molecule has 0 spiro atoms. The van der Waals surface area contributed by atoms with Crippen molar-refractivity contribution in [1.29, 1.82) is 5.26 Å². The van der Waals surface area contributed by atoms with Crippen LogP contribution in [0.25, 0.3) is 0 Å². The lowest BCUT2D eigenvalue weighted by Gasteiger charge is -2.31. The highest BCUT2D eigenvalue weighted by atomic mass is 16.5. The van der Waals surface area contributed by atoms with E-state index in [1.807, 2.05) is 18.2 Å². The predicted octanol–water partition coefficient (Wildman–Crippen LogP) is 5.82. The Morgan fingerprint density at radius 3 is 1.88 bits per heavy atom. The van der Waals surface area contributed by atoms with Crippen LogP contribution in [-0.2, 0) is 18.9 Å². The highest BCUT2D eigenvalue weighted by Gasteiger charge is 2.26. The molecule has 2 N–H and O–H groups in total. The maximum Gasteiger partial charge on any atom is 0.0991 e. The van der Waals surface area contributed by atoms with E-state index < -0.39 is 0 Å². The third-order valence-electron chi connectivity index (χ3n) is 7.83. The molecule has 2 fully saturated rings. The predicted molar refractivity (Wildman–Crippen MR) is 164 cm³/mol. The van der Waals surface area contributed by atoms with Gasteiger partial charge in [0.05, 0.1) is 23.8 Å². The van der Waals surface area contributed by atoms with Gasteiger partial charge >= 0.3 is 0 Å². The summed E-state index contributed by atoms with van der Waals surface area (Å²) in [4.78, 5) is 0. The van der Waals surface area contributed by atoms with Gasteiger partial charge in [-0.3, -0.25) is 0 Å². The minimum absolute atomic E-state index is 0.0583. The SMILES string of the molecule is COCCCCO[C@@H](c1ccccc1)[C@@H]1CCCNC1.COCCCO[C@@H](c1cccc(C#N)c1)[C@@H]1CCCNC1. The average molecular weight is 566 g/mol. The number of rotatable bonds is 15. The zero-order valence-electron chi connectivity index (χ0n) is 25.2. The number of ether oxygens (including phenoxy) is 4. The van der Waals surface area contributed by atoms with Gasteiger partial charge in [-0.25, -0.2) is 0 Å². The van der Waals surface area contributed by atoms with Crippen LogP contribution < -0.4 is 10.6 Å². The second kappa shape index (κ2) is 20.5. The first kappa shape index (κ1) is 33.2. The molecule has 2 aromatic rings. The first-order chi connectivity index (χ1) is 20.3. The van der Waals surface area contributed by atoms with Crippen LogP contribution in [0, 0.1) is 23.2 Å². The quantitative estimate of drug-likeness (QED) is 0.263. The van der Waals surface area contributed by atoms with E-state index in [0.29, 0.717) is 30.6 Å². The van der Waals surface area contributed by atoms with Gasteiger partial charge in [-0.05, 0) is 81.3 Å². The molecule has 4 rings (SSSR count). The van der Waals surface area contributed by atoms with Gasteiger partial charge in [0.2, 0.25) is 0 Å². The van der Waals surface area contributed by atoms with E-state index in [-0.39, 0.29) is 12.2 Å². The molecule has 41 heavy (non-hydrogen) atoms. The highest BCUT2D eigenvalue weighted by Crippen LogP contribution is 2.32. The zero-order valence-corrected chi connectivity index (χ0v) is 25.2. The van der Waals surface area contributed by atoms with Gasteiger partial charge in [0.25, 0.3) is 0 Å². The van der Waals surface area contributed by atoms with E-state index >= 15 is 0 Å². The minimum Gasteiger partial charge on any atom is -0.385 e. The third-order valence-corrected chi connectivity index (χ3v) is 7.83. The van der Waals surface area contributed by atoms with E-state index in [1.165, 1.54) is 31.2 Å². The van der Waals surface area contributed by atoms with E-state index in [2.05, 4.69) is 53.1 Å². The molecule has 0 radical (unpaired) electrons. The molecule has 0 bridgehead atoms. The van der Waals surface area contributed by atoms with Crippen LogP contribution in [0.1, 0.15) is 73.8 Å². The van der Waals surface area contributed by atoms with Crippen LogP contribution in [0.2, 0.25) is 0 Å². The summed E-state index contributed by atoms with van der Waals surface area (Å²) in [5.41, 5.74) is 3.12. The van der Waals surface area contributed by atoms with Gasteiger partial charge in [-0.1, -0.05) is 42.5 Å². The standard InChI is InChI=1S/C17H24N2O2.C17H27NO2/c1-20-9-4-10-21-17(16-7-3-8-19-13-16)15-6-2-5-14(11-15)12-18;1-19-12-5-6-13-20-17(15-8-3-2-4-9-15)16-10-7-11-18-14-16/h2,5-6,11,16-17,19H,3-4,7-10,13H2,1H3;2-4,8-9,16-18H,5-7,10-14H2,1H3/t2*16-,17+/m11/s1. The Kier molecular flexibility index (Phi) is 16.6. The summed E-state index contributed by atoms with van der Waals surface area (Å²) in [6.45, 7) is 7.32. The number of hydrogen-bond donors (Lipinski definition) is 2. The molecule has 4 atom stereocenters. The summed E-state index contributed by atoms with van der Waals surface area (Å²) in [6, 6.07) is 20.7. The Labute approximate surface area is 247 Å². The number of benzene rings is 2. The molecule has 2 saturated heterocycles. The molecule has 2 aliphatic heterocycles. The maximum absolute atomic E-state index is 9.08. The van der Waals surface area contributed by atoms with Crippen molar-refractivity contribution in [3.8, 4) is 6.07 Å². The molecule has 0 amide bonds.